The Labute approximate surface area is 101 Å². The van der Waals surface area contributed by atoms with Crippen LogP contribution in [0.4, 0.5) is 0 Å². The third kappa shape index (κ3) is 1.81. The molecule has 0 atom stereocenters. The van der Waals surface area contributed by atoms with Crippen LogP contribution in [0.15, 0.2) is 27.6 Å². The minimum Gasteiger partial charge on any atom is -0.481 e. The van der Waals surface area contributed by atoms with E-state index in [1.165, 1.54) is 0 Å². The van der Waals surface area contributed by atoms with E-state index in [2.05, 4.69) is 15.9 Å². The lowest BCUT2D eigenvalue weighted by atomic mass is 9.96. The van der Waals surface area contributed by atoms with Gasteiger partial charge in [0.15, 0.2) is 0 Å². The first-order chi connectivity index (χ1) is 7.10. The zero-order valence-electron chi connectivity index (χ0n) is 8.29. The summed E-state index contributed by atoms with van der Waals surface area (Å²) in [6.45, 7) is 0. The highest BCUT2D eigenvalue weighted by molar-refractivity contribution is 9.10. The fourth-order valence-electron chi connectivity index (χ4n) is 1.72. The molecule has 4 heteroatoms. The van der Waals surface area contributed by atoms with E-state index in [1.54, 1.807) is 11.8 Å². The Morgan fingerprint density at radius 2 is 2.20 bits per heavy atom. The van der Waals surface area contributed by atoms with Gasteiger partial charge in [-0.15, -0.1) is 11.8 Å². The largest absolute Gasteiger partial charge is 0.481 e. The van der Waals surface area contributed by atoms with Crippen molar-refractivity contribution in [2.75, 3.05) is 6.26 Å². The average molecular weight is 287 g/mol. The van der Waals surface area contributed by atoms with Crippen molar-refractivity contribution in [2.24, 2.45) is 0 Å². The second-order valence-electron chi connectivity index (χ2n) is 3.74. The standard InChI is InChI=1S/C11H11BrO2S/c1-15-9-3-2-7(6-8(9)12)11(4-5-11)10(13)14/h2-3,6H,4-5H2,1H3,(H,13,14). The second kappa shape index (κ2) is 3.83. The van der Waals surface area contributed by atoms with Gasteiger partial charge in [0.05, 0.1) is 5.41 Å². The first kappa shape index (κ1) is 11.0. The Kier molecular flexibility index (Phi) is 2.81. The van der Waals surface area contributed by atoms with Crippen LogP contribution >= 0.6 is 27.7 Å². The van der Waals surface area contributed by atoms with Crippen LogP contribution in [0.3, 0.4) is 0 Å². The highest BCUT2D eigenvalue weighted by Gasteiger charge is 2.51. The topological polar surface area (TPSA) is 37.3 Å². The van der Waals surface area contributed by atoms with Crippen LogP contribution in [0.5, 0.6) is 0 Å². The fraction of sp³-hybridized carbons (Fsp3) is 0.364. The minimum absolute atomic E-state index is 0.598. The zero-order chi connectivity index (χ0) is 11.1. The van der Waals surface area contributed by atoms with Crippen LogP contribution < -0.4 is 0 Å². The van der Waals surface area contributed by atoms with Crippen molar-refractivity contribution in [1.29, 1.82) is 0 Å². The monoisotopic (exact) mass is 286 g/mol. The zero-order valence-corrected chi connectivity index (χ0v) is 10.7. The molecule has 0 heterocycles. The summed E-state index contributed by atoms with van der Waals surface area (Å²) in [5.74, 6) is -0.702. The molecular weight excluding hydrogens is 276 g/mol. The van der Waals surface area contributed by atoms with Crippen molar-refractivity contribution in [1.82, 2.24) is 0 Å². The number of thioether (sulfide) groups is 1. The SMILES string of the molecule is CSc1ccc(C2(C(=O)O)CC2)cc1Br. The lowest BCUT2D eigenvalue weighted by Gasteiger charge is -2.11. The van der Waals surface area contributed by atoms with E-state index in [4.69, 9.17) is 5.11 Å². The number of rotatable bonds is 3. The first-order valence-corrected chi connectivity index (χ1v) is 6.69. The molecule has 2 nitrogen and oxygen atoms in total. The molecule has 0 saturated heterocycles. The summed E-state index contributed by atoms with van der Waals surface area (Å²) in [6, 6.07) is 5.84. The maximum Gasteiger partial charge on any atom is 0.314 e. The molecule has 0 amide bonds. The molecule has 0 radical (unpaired) electrons. The lowest BCUT2D eigenvalue weighted by Crippen LogP contribution is -2.19. The Balaban J connectivity index is 2.39. The van der Waals surface area contributed by atoms with Gasteiger partial charge in [-0.1, -0.05) is 6.07 Å². The molecule has 80 valence electrons. The molecule has 1 aliphatic rings. The van der Waals surface area contributed by atoms with Crippen molar-refractivity contribution < 1.29 is 9.90 Å². The van der Waals surface area contributed by atoms with Gasteiger partial charge in [-0.2, -0.15) is 0 Å². The number of carboxylic acids is 1. The van der Waals surface area contributed by atoms with Crippen LogP contribution in [0, 0.1) is 0 Å². The number of halogens is 1. The Bertz CT molecular complexity index is 413. The van der Waals surface area contributed by atoms with Gasteiger partial charge in [-0.3, -0.25) is 4.79 Å². The van der Waals surface area contributed by atoms with E-state index in [0.717, 1.165) is 27.8 Å². The fourth-order valence-corrected chi connectivity index (χ4v) is 3.04. The number of hydrogen-bond donors (Lipinski definition) is 1. The Hall–Kier alpha value is -0.480. The van der Waals surface area contributed by atoms with Gasteiger partial charge in [0.1, 0.15) is 0 Å². The number of hydrogen-bond acceptors (Lipinski definition) is 2. The van der Waals surface area contributed by atoms with Crippen LogP contribution in [-0.2, 0) is 10.2 Å². The molecule has 1 saturated carbocycles. The van der Waals surface area contributed by atoms with E-state index in [1.807, 2.05) is 24.5 Å². The summed E-state index contributed by atoms with van der Waals surface area (Å²) in [7, 11) is 0. The third-order valence-electron chi connectivity index (χ3n) is 2.86. The van der Waals surface area contributed by atoms with Crippen LogP contribution in [0.1, 0.15) is 18.4 Å². The van der Waals surface area contributed by atoms with Crippen molar-refractivity contribution in [3.8, 4) is 0 Å². The summed E-state index contributed by atoms with van der Waals surface area (Å²) >= 11 is 5.11. The minimum atomic E-state index is -0.702. The lowest BCUT2D eigenvalue weighted by molar-refractivity contribution is -0.140. The van der Waals surface area contributed by atoms with Gasteiger partial charge in [0.25, 0.3) is 0 Å². The molecule has 1 N–H and O–H groups in total. The smallest absolute Gasteiger partial charge is 0.314 e. The molecule has 0 aliphatic heterocycles. The summed E-state index contributed by atoms with van der Waals surface area (Å²) in [5.41, 5.74) is 0.319. The van der Waals surface area contributed by atoms with E-state index >= 15 is 0 Å². The van der Waals surface area contributed by atoms with Gasteiger partial charge < -0.3 is 5.11 Å². The maximum atomic E-state index is 11.1. The van der Waals surface area contributed by atoms with Crippen molar-refractivity contribution >= 4 is 33.7 Å². The number of aliphatic carboxylic acids is 1. The molecule has 1 fully saturated rings. The molecule has 2 rings (SSSR count). The summed E-state index contributed by atoms with van der Waals surface area (Å²) in [6.07, 6.45) is 3.52. The molecule has 0 bridgehead atoms. The second-order valence-corrected chi connectivity index (χ2v) is 5.44. The molecule has 1 aliphatic carbocycles. The molecule has 0 spiro atoms. The highest BCUT2D eigenvalue weighted by Crippen LogP contribution is 2.49. The molecule has 0 aromatic heterocycles. The van der Waals surface area contributed by atoms with Gasteiger partial charge in [-0.05, 0) is 52.7 Å². The van der Waals surface area contributed by atoms with Gasteiger partial charge in [0, 0.05) is 9.37 Å². The van der Waals surface area contributed by atoms with E-state index < -0.39 is 11.4 Å². The van der Waals surface area contributed by atoms with Crippen molar-refractivity contribution in [3.05, 3.63) is 28.2 Å². The van der Waals surface area contributed by atoms with E-state index in [0.29, 0.717) is 0 Å². The van der Waals surface area contributed by atoms with Crippen LogP contribution in [0.25, 0.3) is 0 Å². The molecule has 1 aromatic carbocycles. The average Bonchev–Trinajstić information content (AvgIpc) is 2.98. The predicted octanol–water partition coefficient (Wildman–Crippen LogP) is 3.29. The van der Waals surface area contributed by atoms with Crippen molar-refractivity contribution in [3.63, 3.8) is 0 Å². The summed E-state index contributed by atoms with van der Waals surface area (Å²) in [4.78, 5) is 12.3. The molecule has 0 unspecified atom stereocenters. The molecular formula is C11H11BrO2S. The Morgan fingerprint density at radius 3 is 2.60 bits per heavy atom. The predicted molar refractivity (Wildman–Crippen MR) is 64.5 cm³/mol. The van der Waals surface area contributed by atoms with Gasteiger partial charge in [-0.25, -0.2) is 0 Å². The number of benzene rings is 1. The third-order valence-corrected chi connectivity index (χ3v) is 4.58. The molecule has 15 heavy (non-hydrogen) atoms. The number of carboxylic acid groups (broad SMARTS) is 1. The van der Waals surface area contributed by atoms with Crippen molar-refractivity contribution in [2.45, 2.75) is 23.2 Å². The summed E-state index contributed by atoms with van der Waals surface area (Å²) < 4.78 is 0.986. The maximum absolute atomic E-state index is 11.1. The van der Waals surface area contributed by atoms with E-state index in [-0.39, 0.29) is 0 Å². The number of carbonyl (C=O) groups is 1. The highest BCUT2D eigenvalue weighted by atomic mass is 79.9. The van der Waals surface area contributed by atoms with Gasteiger partial charge >= 0.3 is 5.97 Å². The Morgan fingerprint density at radius 1 is 1.53 bits per heavy atom. The van der Waals surface area contributed by atoms with Gasteiger partial charge in [0.2, 0.25) is 0 Å². The molecule has 1 aromatic rings. The first-order valence-electron chi connectivity index (χ1n) is 4.67. The van der Waals surface area contributed by atoms with Crippen LogP contribution in [0.2, 0.25) is 0 Å². The normalized spacial score (nSPS) is 17.5. The van der Waals surface area contributed by atoms with Crippen LogP contribution in [-0.4, -0.2) is 17.3 Å². The van der Waals surface area contributed by atoms with E-state index in [9.17, 15) is 4.79 Å². The quantitative estimate of drug-likeness (QED) is 0.867. The summed E-state index contributed by atoms with van der Waals surface area (Å²) in [5, 5.41) is 9.15.